The Morgan fingerprint density at radius 1 is 0.938 bits per heavy atom. The van der Waals surface area contributed by atoms with Crippen molar-refractivity contribution in [1.82, 2.24) is 25.3 Å². The quantitative estimate of drug-likeness (QED) is 0.0696. The van der Waals surface area contributed by atoms with Gasteiger partial charge in [0.25, 0.3) is 14.2 Å². The number of hydrazine groups is 1. The molecule has 1 aliphatic rings. The van der Waals surface area contributed by atoms with Crippen molar-refractivity contribution in [2.75, 3.05) is 20.3 Å². The molecule has 0 unspecified atom stereocenters. The van der Waals surface area contributed by atoms with E-state index in [9.17, 15) is 19.5 Å². The van der Waals surface area contributed by atoms with E-state index in [1.165, 1.54) is 12.1 Å². The van der Waals surface area contributed by atoms with Gasteiger partial charge in [-0.1, -0.05) is 81.4 Å². The lowest BCUT2D eigenvalue weighted by Gasteiger charge is -2.42. The molecule has 1 saturated heterocycles. The average molecular weight is 912 g/mol. The number of carbonyl (C=O) groups excluding carboxylic acids is 3. The van der Waals surface area contributed by atoms with Gasteiger partial charge in [0, 0.05) is 48.8 Å². The van der Waals surface area contributed by atoms with Gasteiger partial charge < -0.3 is 28.9 Å². The molecule has 2 atom stereocenters. The summed E-state index contributed by atoms with van der Waals surface area (Å²) in [6.07, 6.45) is 3.00. The predicted octanol–water partition coefficient (Wildman–Crippen LogP) is 10.7. The SMILES string of the molecule is CCn1c(-c2cccnc2C(C)C)c(CC(C)(C)CO)c2cc(-c3cc(C[C@H](NC(=O)OC(C)(C)C)C(=O)N4CCC[C@@H](C(=O)OC)N4)cc(O[Si](C(C)C)(C(C)C)C(C)C)c3)ccc21. The Kier molecular flexibility index (Phi) is 16.4. The van der Waals surface area contributed by atoms with Crippen LogP contribution in [0.2, 0.25) is 16.6 Å². The number of hydrogen-bond acceptors (Lipinski definition) is 9. The maximum Gasteiger partial charge on any atom is 0.408 e. The van der Waals surface area contributed by atoms with Crippen molar-refractivity contribution in [3.8, 4) is 28.1 Å². The summed E-state index contributed by atoms with van der Waals surface area (Å²) >= 11 is 0. The molecule has 0 bridgehead atoms. The highest BCUT2D eigenvalue weighted by atomic mass is 28.4. The predicted molar refractivity (Wildman–Crippen MR) is 263 cm³/mol. The second kappa shape index (κ2) is 20.8. The summed E-state index contributed by atoms with van der Waals surface area (Å²) in [6, 6.07) is 15.3. The Morgan fingerprint density at radius 3 is 2.20 bits per heavy atom. The number of hydrogen-bond donors (Lipinski definition) is 3. The first-order chi connectivity index (χ1) is 30.5. The van der Waals surface area contributed by atoms with E-state index in [0.29, 0.717) is 42.4 Å². The number of aromatic nitrogens is 2. The molecule has 0 saturated carbocycles. The summed E-state index contributed by atoms with van der Waals surface area (Å²) in [5, 5.41) is 16.1. The molecule has 1 aliphatic heterocycles. The van der Waals surface area contributed by atoms with Gasteiger partial charge >= 0.3 is 12.1 Å². The van der Waals surface area contributed by atoms with Crippen LogP contribution >= 0.6 is 0 Å². The van der Waals surface area contributed by atoms with E-state index in [0.717, 1.165) is 62.4 Å². The standard InChI is InChI=1S/C52H77N5O7Si/c1-16-56-45-22-21-37(29-41(45)42(30-52(13,14)31-58)47(56)40-19-17-23-53-46(40)32(2)3)38-25-36(26-39(28-38)64-65(33(4)5,34(6)7)35(8)9)27-44(54-50(61)63-51(10,11)12)48(59)57-24-18-20-43(55-57)49(60)62-15/h17,19,21-23,25-26,28-29,32-35,43-44,55,58H,16,18,20,24,27,30-31H2,1-15H3,(H,54,61)/t43-,44-/m0/s1. The first-order valence-corrected chi connectivity index (χ1v) is 25.8. The van der Waals surface area contributed by atoms with Crippen LogP contribution in [0.3, 0.4) is 0 Å². The largest absolute Gasteiger partial charge is 0.543 e. The van der Waals surface area contributed by atoms with Gasteiger partial charge in [-0.25, -0.2) is 10.2 Å². The third-order valence-corrected chi connectivity index (χ3v) is 18.9. The number of nitrogens with zero attached hydrogens (tertiary/aromatic N) is 3. The number of carbonyl (C=O) groups is 3. The first kappa shape index (κ1) is 51.3. The zero-order valence-electron chi connectivity index (χ0n) is 41.8. The van der Waals surface area contributed by atoms with E-state index in [-0.39, 0.29) is 18.9 Å². The minimum atomic E-state index is -2.48. The minimum Gasteiger partial charge on any atom is -0.543 e. The van der Waals surface area contributed by atoms with Crippen LogP contribution in [-0.4, -0.2) is 83.9 Å². The minimum absolute atomic E-state index is 0.0262. The van der Waals surface area contributed by atoms with Crippen LogP contribution in [0.25, 0.3) is 33.3 Å². The van der Waals surface area contributed by atoms with Crippen LogP contribution in [0, 0.1) is 5.41 Å². The molecular formula is C52H77N5O7Si. The molecule has 4 aromatic rings. The van der Waals surface area contributed by atoms with Crippen LogP contribution in [0.4, 0.5) is 4.79 Å². The van der Waals surface area contributed by atoms with Gasteiger partial charge in [0.05, 0.1) is 18.5 Å². The lowest BCUT2D eigenvalue weighted by molar-refractivity contribution is -0.150. The fourth-order valence-corrected chi connectivity index (χ4v) is 15.2. The molecule has 0 aliphatic carbocycles. The van der Waals surface area contributed by atoms with E-state index >= 15 is 0 Å². The highest BCUT2D eigenvalue weighted by Crippen LogP contribution is 2.45. The van der Waals surface area contributed by atoms with Gasteiger partial charge in [-0.05, 0) is 134 Å². The monoisotopic (exact) mass is 912 g/mol. The zero-order chi connectivity index (χ0) is 48.2. The maximum absolute atomic E-state index is 14.6. The van der Waals surface area contributed by atoms with Crippen molar-refractivity contribution in [3.05, 3.63) is 71.5 Å². The van der Waals surface area contributed by atoms with Crippen molar-refractivity contribution in [2.24, 2.45) is 5.41 Å². The maximum atomic E-state index is 14.6. The Labute approximate surface area is 389 Å². The van der Waals surface area contributed by atoms with Crippen LogP contribution in [0.1, 0.15) is 133 Å². The molecule has 2 aromatic carbocycles. The Hall–Kier alpha value is -4.72. The number of aryl methyl sites for hydroxylation is 1. The number of benzene rings is 2. The Balaban J connectivity index is 1.75. The van der Waals surface area contributed by atoms with E-state index in [4.69, 9.17) is 18.9 Å². The normalized spacial score (nSPS) is 15.6. The molecule has 0 radical (unpaired) electrons. The van der Waals surface area contributed by atoms with Gasteiger partial charge in [0.2, 0.25) is 0 Å². The zero-order valence-corrected chi connectivity index (χ0v) is 42.8. The summed E-state index contributed by atoms with van der Waals surface area (Å²) < 4.78 is 20.5. The number of alkyl carbamates (subject to hydrolysis) is 1. The van der Waals surface area contributed by atoms with Crippen molar-refractivity contribution < 1.29 is 33.4 Å². The summed E-state index contributed by atoms with van der Waals surface area (Å²) in [5.41, 5.74) is 10.9. The molecule has 5 rings (SSSR count). The fraction of sp³-hybridized carbons (Fsp3) is 0.577. The fourth-order valence-electron chi connectivity index (χ4n) is 9.92. The third kappa shape index (κ3) is 11.6. The van der Waals surface area contributed by atoms with E-state index in [2.05, 4.69) is 128 Å². The number of esters is 1. The van der Waals surface area contributed by atoms with Gasteiger partial charge in [0.1, 0.15) is 23.4 Å². The first-order valence-electron chi connectivity index (χ1n) is 23.7. The number of nitrogens with one attached hydrogen (secondary N) is 2. The third-order valence-electron chi connectivity index (χ3n) is 12.9. The van der Waals surface area contributed by atoms with Gasteiger partial charge in [-0.3, -0.25) is 19.6 Å². The molecule has 1 fully saturated rings. The van der Waals surface area contributed by atoms with E-state index < -0.39 is 49.4 Å². The molecule has 12 nitrogen and oxygen atoms in total. The van der Waals surface area contributed by atoms with Crippen molar-refractivity contribution >= 4 is 37.2 Å². The number of fused-ring (bicyclic) bond motifs is 1. The molecule has 65 heavy (non-hydrogen) atoms. The van der Waals surface area contributed by atoms with Crippen molar-refractivity contribution in [1.29, 1.82) is 0 Å². The van der Waals surface area contributed by atoms with E-state index in [1.54, 1.807) is 20.8 Å². The number of methoxy groups -OCH3 is 1. The van der Waals surface area contributed by atoms with Crippen molar-refractivity contribution in [2.45, 2.75) is 169 Å². The highest BCUT2D eigenvalue weighted by Gasteiger charge is 2.47. The molecule has 356 valence electrons. The van der Waals surface area contributed by atoms with Gasteiger partial charge in [-0.15, -0.1) is 0 Å². The van der Waals surface area contributed by atoms with Crippen LogP contribution in [0.15, 0.2) is 54.7 Å². The topological polar surface area (TPSA) is 144 Å². The van der Waals surface area contributed by atoms with Crippen LogP contribution in [-0.2, 0) is 38.4 Å². The highest BCUT2D eigenvalue weighted by molar-refractivity contribution is 6.78. The molecule has 13 heteroatoms. The molecule has 0 spiro atoms. The average Bonchev–Trinajstić information content (AvgIpc) is 3.54. The number of amides is 2. The smallest absolute Gasteiger partial charge is 0.408 e. The number of pyridine rings is 1. The second-order valence-electron chi connectivity index (χ2n) is 20.9. The number of ether oxygens (including phenoxy) is 2. The summed E-state index contributed by atoms with van der Waals surface area (Å²) in [5.74, 6) is 0.0680. The van der Waals surface area contributed by atoms with Crippen LogP contribution in [0.5, 0.6) is 5.75 Å². The molecule has 3 heterocycles. The lowest BCUT2D eigenvalue weighted by atomic mass is 9.84. The second-order valence-corrected chi connectivity index (χ2v) is 26.3. The number of aliphatic hydroxyl groups excluding tert-OH is 1. The molecule has 3 N–H and O–H groups in total. The number of rotatable bonds is 17. The van der Waals surface area contributed by atoms with Crippen molar-refractivity contribution in [3.63, 3.8) is 0 Å². The Morgan fingerprint density at radius 2 is 1.62 bits per heavy atom. The molecular weight excluding hydrogens is 835 g/mol. The van der Waals surface area contributed by atoms with Gasteiger partial charge in [0.15, 0.2) is 0 Å². The van der Waals surface area contributed by atoms with E-state index in [1.807, 2.05) is 18.3 Å². The lowest BCUT2D eigenvalue weighted by Crippen LogP contribution is -2.60. The number of aliphatic hydroxyl groups is 1. The summed E-state index contributed by atoms with van der Waals surface area (Å²) in [7, 11) is -1.15. The van der Waals surface area contributed by atoms with Crippen LogP contribution < -0.4 is 15.2 Å². The summed E-state index contributed by atoms with van der Waals surface area (Å²) in [4.78, 5) is 45.5. The molecule has 2 aromatic heterocycles. The summed E-state index contributed by atoms with van der Waals surface area (Å²) in [6.45, 7) is 30.7. The Bertz CT molecular complexity index is 2290. The van der Waals surface area contributed by atoms with Gasteiger partial charge in [-0.2, -0.15) is 0 Å². The molecule has 2 amide bonds.